The SMILES string of the molecule is [2H]C([2H])([2H])C(O)(CCC[C@](C)(C/C=C/C(O)(F)C(F)(F)F)[C@H]1CCC2/C(=C/C=C3C[C@@H](O)C[C@H](O)C3)CCC[C@@]21C)C([2H])([2H])[2H]. The van der Waals surface area contributed by atoms with E-state index >= 15 is 0 Å². The number of hydrogen-bond donors (Lipinski definition) is 4. The van der Waals surface area contributed by atoms with E-state index in [1.165, 1.54) is 5.57 Å². The maximum Gasteiger partial charge on any atom is 0.452 e. The van der Waals surface area contributed by atoms with Crippen molar-refractivity contribution in [3.63, 3.8) is 0 Å². The lowest BCUT2D eigenvalue weighted by Crippen LogP contribution is -2.42. The molecule has 224 valence electrons. The van der Waals surface area contributed by atoms with E-state index in [0.717, 1.165) is 37.3 Å². The summed E-state index contributed by atoms with van der Waals surface area (Å²) >= 11 is 0. The predicted molar refractivity (Wildman–Crippen MR) is 144 cm³/mol. The number of aliphatic hydroxyl groups excluding tert-OH is 2. The fourth-order valence-corrected chi connectivity index (χ4v) is 7.66. The zero-order valence-corrected chi connectivity index (χ0v) is 22.9. The van der Waals surface area contributed by atoms with Gasteiger partial charge in [0, 0.05) is 8.22 Å². The molecular weight excluding hydrogens is 512 g/mol. The summed E-state index contributed by atoms with van der Waals surface area (Å²) in [4.78, 5) is 0. The van der Waals surface area contributed by atoms with E-state index in [2.05, 4.69) is 13.0 Å². The van der Waals surface area contributed by atoms with E-state index in [0.29, 0.717) is 25.7 Å². The third kappa shape index (κ3) is 7.96. The Hall–Kier alpha value is -1.22. The minimum absolute atomic E-state index is 0.0620. The lowest BCUT2D eigenvalue weighted by Gasteiger charge is -2.49. The maximum absolute atomic E-state index is 14.0. The van der Waals surface area contributed by atoms with Gasteiger partial charge in [0.25, 0.3) is 0 Å². The molecule has 3 aliphatic rings. The van der Waals surface area contributed by atoms with Crippen molar-refractivity contribution >= 4 is 0 Å². The molecule has 2 unspecified atom stereocenters. The average molecular weight is 567 g/mol. The van der Waals surface area contributed by atoms with Crippen LogP contribution in [0.5, 0.6) is 0 Å². The molecule has 0 amide bonds. The van der Waals surface area contributed by atoms with Crippen molar-refractivity contribution < 1.29 is 46.2 Å². The Balaban J connectivity index is 1.93. The van der Waals surface area contributed by atoms with E-state index in [1.54, 1.807) is 0 Å². The molecule has 39 heavy (non-hydrogen) atoms. The molecule has 0 aromatic heterocycles. The van der Waals surface area contributed by atoms with Crippen LogP contribution in [-0.2, 0) is 0 Å². The molecule has 4 nitrogen and oxygen atoms in total. The van der Waals surface area contributed by atoms with Gasteiger partial charge in [-0.15, -0.1) is 0 Å². The van der Waals surface area contributed by atoms with Crippen LogP contribution in [0, 0.1) is 22.7 Å². The molecule has 0 aromatic rings. The second kappa shape index (κ2) is 11.9. The fraction of sp³-hybridized carbons (Fsp3) is 0.806. The van der Waals surface area contributed by atoms with Gasteiger partial charge >= 0.3 is 12.0 Å². The first-order valence-electron chi connectivity index (χ1n) is 17.0. The molecule has 3 saturated carbocycles. The van der Waals surface area contributed by atoms with Crippen molar-refractivity contribution in [2.24, 2.45) is 22.7 Å². The third-order valence-electron chi connectivity index (χ3n) is 9.49. The monoisotopic (exact) mass is 566 g/mol. The van der Waals surface area contributed by atoms with Gasteiger partial charge < -0.3 is 20.4 Å². The number of allylic oxidation sites excluding steroid dienone is 4. The van der Waals surface area contributed by atoms with E-state index in [-0.39, 0.29) is 42.6 Å². The number of aliphatic hydroxyl groups is 4. The normalized spacial score (nSPS) is 37.6. The zero-order valence-electron chi connectivity index (χ0n) is 28.9. The molecule has 0 heterocycles. The number of hydrogen-bond acceptors (Lipinski definition) is 4. The molecule has 8 heteroatoms. The molecule has 0 spiro atoms. The summed E-state index contributed by atoms with van der Waals surface area (Å²) in [6.45, 7) is -2.49. The Morgan fingerprint density at radius 1 is 1.03 bits per heavy atom. The van der Waals surface area contributed by atoms with Crippen molar-refractivity contribution in [1.82, 2.24) is 0 Å². The van der Waals surface area contributed by atoms with E-state index in [1.807, 2.05) is 13.0 Å². The van der Waals surface area contributed by atoms with Crippen LogP contribution in [0.3, 0.4) is 0 Å². The van der Waals surface area contributed by atoms with E-state index < -0.39 is 55.4 Å². The largest absolute Gasteiger partial charge is 0.452 e. The van der Waals surface area contributed by atoms with Crippen molar-refractivity contribution in [3.8, 4) is 0 Å². The number of alkyl halides is 4. The molecule has 3 fully saturated rings. The molecule has 0 radical (unpaired) electrons. The summed E-state index contributed by atoms with van der Waals surface area (Å²) < 4.78 is 99.3. The van der Waals surface area contributed by atoms with Crippen molar-refractivity contribution in [3.05, 3.63) is 35.5 Å². The topological polar surface area (TPSA) is 80.9 Å². The first kappa shape index (κ1) is 24.4. The summed E-state index contributed by atoms with van der Waals surface area (Å²) in [6.07, 6.45) is 2.90. The van der Waals surface area contributed by atoms with Gasteiger partial charge in [-0.05, 0) is 113 Å². The highest BCUT2D eigenvalue weighted by molar-refractivity contribution is 5.26. The molecule has 4 N–H and O–H groups in total. The summed E-state index contributed by atoms with van der Waals surface area (Å²) in [6, 6.07) is 0. The van der Waals surface area contributed by atoms with Gasteiger partial charge in [-0.2, -0.15) is 17.6 Å². The average Bonchev–Trinajstić information content (AvgIpc) is 3.23. The lowest BCUT2D eigenvalue weighted by atomic mass is 9.55. The van der Waals surface area contributed by atoms with Crippen LogP contribution in [0.2, 0.25) is 0 Å². The quantitative estimate of drug-likeness (QED) is 0.178. The van der Waals surface area contributed by atoms with Gasteiger partial charge in [0.05, 0.1) is 17.8 Å². The number of fused-ring (bicyclic) bond motifs is 1. The summed E-state index contributed by atoms with van der Waals surface area (Å²) in [5.41, 5.74) is -2.03. The Morgan fingerprint density at radius 3 is 2.31 bits per heavy atom. The predicted octanol–water partition coefficient (Wildman–Crippen LogP) is 7.08. The van der Waals surface area contributed by atoms with Crippen LogP contribution < -0.4 is 0 Å². The molecule has 0 aliphatic heterocycles. The van der Waals surface area contributed by atoms with Crippen LogP contribution in [0.15, 0.2) is 35.5 Å². The van der Waals surface area contributed by atoms with Crippen LogP contribution in [0.4, 0.5) is 17.6 Å². The van der Waals surface area contributed by atoms with Crippen LogP contribution in [0.1, 0.15) is 113 Å². The Morgan fingerprint density at radius 2 is 1.69 bits per heavy atom. The van der Waals surface area contributed by atoms with E-state index in [4.69, 9.17) is 8.22 Å². The van der Waals surface area contributed by atoms with Gasteiger partial charge in [0.1, 0.15) is 0 Å². The first-order chi connectivity index (χ1) is 20.4. The first-order valence-corrected chi connectivity index (χ1v) is 14.0. The maximum atomic E-state index is 14.0. The summed E-state index contributed by atoms with van der Waals surface area (Å²) in [7, 11) is 0. The van der Waals surface area contributed by atoms with Crippen LogP contribution in [0.25, 0.3) is 0 Å². The third-order valence-corrected chi connectivity index (χ3v) is 9.49. The minimum Gasteiger partial charge on any atom is -0.393 e. The zero-order chi connectivity index (χ0) is 34.3. The van der Waals surface area contributed by atoms with Gasteiger partial charge in [-0.1, -0.05) is 49.6 Å². The van der Waals surface area contributed by atoms with Crippen LogP contribution >= 0.6 is 0 Å². The summed E-state index contributed by atoms with van der Waals surface area (Å²) in [5.74, 6) is -4.56. The van der Waals surface area contributed by atoms with Gasteiger partial charge in [-0.25, -0.2) is 0 Å². The lowest BCUT2D eigenvalue weighted by molar-refractivity contribution is -0.290. The second-order valence-electron chi connectivity index (χ2n) is 12.7. The van der Waals surface area contributed by atoms with Gasteiger partial charge in [-0.3, -0.25) is 0 Å². The molecule has 0 saturated heterocycles. The molecule has 0 aromatic carbocycles. The Labute approximate surface area is 239 Å². The van der Waals surface area contributed by atoms with Gasteiger partial charge in [0.15, 0.2) is 0 Å². The molecule has 3 rings (SSSR count). The Bertz CT molecular complexity index is 1110. The molecule has 0 bridgehead atoms. The van der Waals surface area contributed by atoms with E-state index in [9.17, 15) is 38.0 Å². The van der Waals surface area contributed by atoms with Crippen molar-refractivity contribution in [2.45, 2.75) is 134 Å². The highest BCUT2D eigenvalue weighted by Crippen LogP contribution is 2.63. The van der Waals surface area contributed by atoms with Gasteiger partial charge in [0.2, 0.25) is 0 Å². The fourth-order valence-electron chi connectivity index (χ4n) is 7.66. The smallest absolute Gasteiger partial charge is 0.393 e. The molecule has 3 aliphatic carbocycles. The Kier molecular flexibility index (Phi) is 7.47. The second-order valence-corrected chi connectivity index (χ2v) is 12.7. The standard InChI is InChI=1S/C31H48F4O4/c1-27(2,38)13-6-14-28(3,15-7-17-30(32,39)31(33,34)35)26-12-11-25-22(8-5-16-29(25,26)4)10-9-21-18-23(36)20-24(37)19-21/h7,9-10,17,23-26,36-39H,5-6,8,11-16,18-20H2,1-4H3/b17-7+,22-10+/t23-,24-,25?,26-,28-,29+,30?/m1/s1/i1D3,2D3. The highest BCUT2D eigenvalue weighted by atomic mass is 19.4. The van der Waals surface area contributed by atoms with Crippen molar-refractivity contribution in [2.75, 3.05) is 0 Å². The molecular formula is C31H48F4O4. The van der Waals surface area contributed by atoms with Crippen LogP contribution in [-0.4, -0.2) is 50.3 Å². The summed E-state index contributed by atoms with van der Waals surface area (Å²) in [5, 5.41) is 40.3. The minimum atomic E-state index is -5.54. The number of rotatable bonds is 9. The van der Waals surface area contributed by atoms with Crippen molar-refractivity contribution in [1.29, 1.82) is 0 Å². The molecule has 7 atom stereocenters. The number of halogens is 4. The highest BCUT2D eigenvalue weighted by Gasteiger charge is 2.56.